The van der Waals surface area contributed by atoms with Crippen molar-refractivity contribution in [2.45, 2.75) is 25.3 Å². The van der Waals surface area contributed by atoms with E-state index in [1.807, 2.05) is 18.2 Å². The summed E-state index contributed by atoms with van der Waals surface area (Å²) in [6.07, 6.45) is 1.62. The molecule has 2 aliphatic rings. The van der Waals surface area contributed by atoms with Gasteiger partial charge in [0, 0.05) is 19.4 Å². The van der Waals surface area contributed by atoms with Crippen molar-refractivity contribution in [1.82, 2.24) is 4.90 Å². The molecule has 1 amide bonds. The van der Waals surface area contributed by atoms with E-state index in [-0.39, 0.29) is 18.9 Å². The van der Waals surface area contributed by atoms with Crippen LogP contribution in [0.15, 0.2) is 18.2 Å². The zero-order valence-electron chi connectivity index (χ0n) is 13.4. The molecule has 0 radical (unpaired) electrons. The Morgan fingerprint density at radius 3 is 2.75 bits per heavy atom. The van der Waals surface area contributed by atoms with Crippen LogP contribution in [-0.4, -0.2) is 60.9 Å². The first-order valence-corrected chi connectivity index (χ1v) is 8.13. The van der Waals surface area contributed by atoms with E-state index in [1.54, 1.807) is 0 Å². The highest BCUT2D eigenvalue weighted by molar-refractivity contribution is 5.84. The maximum Gasteiger partial charge on any atom is 0.328 e. The number of amides is 1. The van der Waals surface area contributed by atoms with Crippen molar-refractivity contribution in [2.75, 3.05) is 33.0 Å². The molecule has 1 aromatic carbocycles. The third-order valence-electron chi connectivity index (χ3n) is 4.17. The Bertz CT molecular complexity index is 617. The predicted molar refractivity (Wildman–Crippen MR) is 84.3 cm³/mol. The second-order valence-electron chi connectivity index (χ2n) is 5.85. The third-order valence-corrected chi connectivity index (χ3v) is 4.17. The van der Waals surface area contributed by atoms with E-state index in [1.165, 1.54) is 4.90 Å². The molecule has 1 aromatic rings. The number of nitrogens with zero attached hydrogens (tertiary/aromatic N) is 1. The minimum atomic E-state index is -1.03. The van der Waals surface area contributed by atoms with Gasteiger partial charge < -0.3 is 24.2 Å². The van der Waals surface area contributed by atoms with Crippen LogP contribution in [0.5, 0.6) is 11.5 Å². The van der Waals surface area contributed by atoms with Crippen LogP contribution in [0.2, 0.25) is 0 Å². The first-order chi connectivity index (χ1) is 11.6. The Balaban J connectivity index is 1.61. The van der Waals surface area contributed by atoms with Gasteiger partial charge in [-0.15, -0.1) is 0 Å². The van der Waals surface area contributed by atoms with E-state index in [4.69, 9.17) is 14.2 Å². The SMILES string of the molecule is O=C(O)[C@@H]1COCCN1C(=O)CCc1ccc2c(c1)OCCCO2. The van der Waals surface area contributed by atoms with Gasteiger partial charge in [-0.1, -0.05) is 6.07 Å². The van der Waals surface area contributed by atoms with Crippen molar-refractivity contribution in [3.05, 3.63) is 23.8 Å². The zero-order chi connectivity index (χ0) is 16.9. The molecule has 1 fully saturated rings. The number of rotatable bonds is 4. The van der Waals surface area contributed by atoms with Gasteiger partial charge in [0.2, 0.25) is 5.91 Å². The van der Waals surface area contributed by atoms with Gasteiger partial charge in [-0.2, -0.15) is 0 Å². The molecule has 0 spiro atoms. The van der Waals surface area contributed by atoms with E-state index < -0.39 is 12.0 Å². The lowest BCUT2D eigenvalue weighted by atomic mass is 10.1. The highest BCUT2D eigenvalue weighted by Gasteiger charge is 2.32. The van der Waals surface area contributed by atoms with Crippen LogP contribution in [0.4, 0.5) is 0 Å². The van der Waals surface area contributed by atoms with Gasteiger partial charge in [-0.3, -0.25) is 4.79 Å². The Morgan fingerprint density at radius 1 is 1.17 bits per heavy atom. The molecule has 7 nitrogen and oxygen atoms in total. The van der Waals surface area contributed by atoms with Gasteiger partial charge in [0.1, 0.15) is 0 Å². The Labute approximate surface area is 140 Å². The summed E-state index contributed by atoms with van der Waals surface area (Å²) in [4.78, 5) is 25.0. The molecule has 2 aliphatic heterocycles. The number of benzene rings is 1. The molecular formula is C17H21NO6. The Hall–Kier alpha value is -2.28. The first-order valence-electron chi connectivity index (χ1n) is 8.13. The molecule has 3 rings (SSSR count). The van der Waals surface area contributed by atoms with Gasteiger partial charge in [0.15, 0.2) is 17.5 Å². The lowest BCUT2D eigenvalue weighted by Crippen LogP contribution is -2.52. The summed E-state index contributed by atoms with van der Waals surface area (Å²) in [5.41, 5.74) is 0.965. The van der Waals surface area contributed by atoms with Crippen molar-refractivity contribution >= 4 is 11.9 Å². The first kappa shape index (κ1) is 16.6. The lowest BCUT2D eigenvalue weighted by Gasteiger charge is -2.32. The summed E-state index contributed by atoms with van der Waals surface area (Å²) >= 11 is 0. The molecule has 0 saturated carbocycles. The lowest BCUT2D eigenvalue weighted by molar-refractivity contribution is -0.158. The van der Waals surface area contributed by atoms with Crippen molar-refractivity contribution in [3.8, 4) is 11.5 Å². The molecule has 0 bridgehead atoms. The van der Waals surface area contributed by atoms with Crippen molar-refractivity contribution in [3.63, 3.8) is 0 Å². The highest BCUT2D eigenvalue weighted by atomic mass is 16.5. The summed E-state index contributed by atoms with van der Waals surface area (Å²) in [5.74, 6) is 0.227. The second kappa shape index (κ2) is 7.53. The average molecular weight is 335 g/mol. The van der Waals surface area contributed by atoms with E-state index in [9.17, 15) is 14.7 Å². The topological polar surface area (TPSA) is 85.3 Å². The smallest absolute Gasteiger partial charge is 0.328 e. The molecule has 24 heavy (non-hydrogen) atoms. The number of carboxylic acid groups (broad SMARTS) is 1. The van der Waals surface area contributed by atoms with Crippen LogP contribution in [0.3, 0.4) is 0 Å². The molecule has 0 aromatic heterocycles. The van der Waals surface area contributed by atoms with Crippen LogP contribution in [-0.2, 0) is 20.7 Å². The number of morpholine rings is 1. The Kier molecular flexibility index (Phi) is 5.20. The number of carbonyl (C=O) groups is 2. The van der Waals surface area contributed by atoms with Gasteiger partial charge >= 0.3 is 5.97 Å². The normalized spacial score (nSPS) is 20.3. The van der Waals surface area contributed by atoms with Crippen LogP contribution in [0, 0.1) is 0 Å². The summed E-state index contributed by atoms with van der Waals surface area (Å²) < 4.78 is 16.4. The maximum atomic E-state index is 12.4. The van der Waals surface area contributed by atoms with Gasteiger partial charge in [-0.25, -0.2) is 4.79 Å². The quantitative estimate of drug-likeness (QED) is 0.887. The summed E-state index contributed by atoms with van der Waals surface area (Å²) in [6, 6.07) is 4.77. The fraction of sp³-hybridized carbons (Fsp3) is 0.529. The van der Waals surface area contributed by atoms with E-state index >= 15 is 0 Å². The number of ether oxygens (including phenoxy) is 3. The molecule has 1 atom stereocenters. The highest BCUT2D eigenvalue weighted by Crippen LogP contribution is 2.30. The largest absolute Gasteiger partial charge is 0.490 e. The third kappa shape index (κ3) is 3.79. The maximum absolute atomic E-state index is 12.4. The van der Waals surface area contributed by atoms with Gasteiger partial charge in [0.25, 0.3) is 0 Å². The summed E-state index contributed by atoms with van der Waals surface area (Å²) in [7, 11) is 0. The number of fused-ring (bicyclic) bond motifs is 1. The fourth-order valence-corrected chi connectivity index (χ4v) is 2.86. The standard InChI is InChI=1S/C17H21NO6/c19-16(18-6-9-22-11-13(18)17(20)21)5-3-12-2-4-14-15(10-12)24-8-1-7-23-14/h2,4,10,13H,1,3,5-9,11H2,(H,20,21)/t13-/m0/s1. The molecule has 0 aliphatic carbocycles. The minimum Gasteiger partial charge on any atom is -0.490 e. The number of hydrogen-bond acceptors (Lipinski definition) is 5. The predicted octanol–water partition coefficient (Wildman–Crippen LogP) is 1.09. The average Bonchev–Trinajstić information content (AvgIpc) is 2.84. The van der Waals surface area contributed by atoms with Gasteiger partial charge in [0.05, 0.1) is 26.4 Å². The van der Waals surface area contributed by atoms with Crippen LogP contribution in [0.25, 0.3) is 0 Å². The molecule has 1 N–H and O–H groups in total. The number of hydrogen-bond donors (Lipinski definition) is 1. The molecule has 0 unspecified atom stereocenters. The fourth-order valence-electron chi connectivity index (χ4n) is 2.86. The number of aryl methyl sites for hydroxylation is 1. The second-order valence-corrected chi connectivity index (χ2v) is 5.85. The van der Waals surface area contributed by atoms with E-state index in [2.05, 4.69) is 0 Å². The zero-order valence-corrected chi connectivity index (χ0v) is 13.4. The molecular weight excluding hydrogens is 314 g/mol. The Morgan fingerprint density at radius 2 is 1.96 bits per heavy atom. The van der Waals surface area contributed by atoms with Crippen LogP contribution < -0.4 is 9.47 Å². The van der Waals surface area contributed by atoms with E-state index in [0.717, 1.165) is 17.7 Å². The van der Waals surface area contributed by atoms with E-state index in [0.29, 0.717) is 38.5 Å². The van der Waals surface area contributed by atoms with Crippen molar-refractivity contribution in [2.24, 2.45) is 0 Å². The molecule has 2 heterocycles. The van der Waals surface area contributed by atoms with Crippen molar-refractivity contribution < 1.29 is 28.9 Å². The van der Waals surface area contributed by atoms with Gasteiger partial charge in [-0.05, 0) is 24.1 Å². The van der Waals surface area contributed by atoms with Crippen LogP contribution in [0.1, 0.15) is 18.4 Å². The number of carbonyl (C=O) groups excluding carboxylic acids is 1. The monoisotopic (exact) mass is 335 g/mol. The molecule has 7 heteroatoms. The van der Waals surface area contributed by atoms with Crippen molar-refractivity contribution in [1.29, 1.82) is 0 Å². The summed E-state index contributed by atoms with van der Waals surface area (Å²) in [5, 5.41) is 9.20. The summed E-state index contributed by atoms with van der Waals surface area (Å²) in [6.45, 7) is 1.99. The molecule has 130 valence electrons. The molecule has 1 saturated heterocycles. The number of aliphatic carboxylic acids is 1. The van der Waals surface area contributed by atoms with Crippen LogP contribution >= 0.6 is 0 Å². The minimum absolute atomic E-state index is 0.0467. The number of carboxylic acids is 1.